The number of anilines is 1. The van der Waals surface area contributed by atoms with Crippen LogP contribution >= 0.6 is 11.3 Å². The van der Waals surface area contributed by atoms with Gasteiger partial charge in [0.2, 0.25) is 0 Å². The first-order valence-electron chi connectivity index (χ1n) is 8.34. The lowest BCUT2D eigenvalue weighted by molar-refractivity contribution is -0.383. The monoisotopic (exact) mass is 395 g/mol. The van der Waals surface area contributed by atoms with Gasteiger partial charge in [0.1, 0.15) is 4.21 Å². The van der Waals surface area contributed by atoms with Gasteiger partial charge in [-0.3, -0.25) is 15.0 Å². The molecule has 9 heteroatoms. The van der Waals surface area contributed by atoms with E-state index in [1.807, 2.05) is 23.1 Å². The molecule has 26 heavy (non-hydrogen) atoms. The van der Waals surface area contributed by atoms with Crippen molar-refractivity contribution in [2.75, 3.05) is 37.3 Å². The molecule has 1 fully saturated rings. The third-order valence-corrected chi connectivity index (χ3v) is 7.34. The van der Waals surface area contributed by atoms with Crippen molar-refractivity contribution < 1.29 is 13.3 Å². The fraction of sp³-hybridized carbons (Fsp3) is 0.412. The fourth-order valence-electron chi connectivity index (χ4n) is 3.06. The van der Waals surface area contributed by atoms with E-state index in [2.05, 4.69) is 17.0 Å². The molecule has 0 amide bonds. The highest BCUT2D eigenvalue weighted by atomic mass is 32.2. The molecule has 0 unspecified atom stereocenters. The highest BCUT2D eigenvalue weighted by Crippen LogP contribution is 2.40. The molecule has 2 aromatic rings. The van der Waals surface area contributed by atoms with Crippen LogP contribution in [0.5, 0.6) is 0 Å². The van der Waals surface area contributed by atoms with Crippen LogP contribution in [0.25, 0.3) is 0 Å². The first-order valence-corrected chi connectivity index (χ1v) is 11.0. The van der Waals surface area contributed by atoms with Crippen LogP contribution in [0.2, 0.25) is 0 Å². The molecular formula is C17H21N3O4S2. The van der Waals surface area contributed by atoms with Crippen LogP contribution in [-0.2, 0) is 16.4 Å². The summed E-state index contributed by atoms with van der Waals surface area (Å²) in [4.78, 5) is 15.2. The van der Waals surface area contributed by atoms with Crippen LogP contribution < -0.4 is 4.90 Å². The van der Waals surface area contributed by atoms with Gasteiger partial charge in [0, 0.05) is 45.0 Å². The molecule has 1 aromatic carbocycles. The van der Waals surface area contributed by atoms with Gasteiger partial charge >= 0.3 is 5.69 Å². The minimum absolute atomic E-state index is 0.0459. The molecule has 2 heterocycles. The molecular weight excluding hydrogens is 374 g/mol. The van der Waals surface area contributed by atoms with Crippen molar-refractivity contribution in [3.63, 3.8) is 0 Å². The zero-order valence-corrected chi connectivity index (χ0v) is 16.1. The Hall–Kier alpha value is -1.97. The summed E-state index contributed by atoms with van der Waals surface area (Å²) in [7, 11) is -3.46. The molecule has 1 saturated heterocycles. The Morgan fingerprint density at radius 3 is 2.54 bits per heavy atom. The van der Waals surface area contributed by atoms with Crippen molar-refractivity contribution >= 4 is 31.9 Å². The quantitative estimate of drug-likeness (QED) is 0.572. The summed E-state index contributed by atoms with van der Waals surface area (Å²) < 4.78 is 23.6. The van der Waals surface area contributed by atoms with Gasteiger partial charge in [0.15, 0.2) is 14.8 Å². The van der Waals surface area contributed by atoms with Gasteiger partial charge in [-0.05, 0) is 12.0 Å². The molecule has 0 bridgehead atoms. The predicted molar refractivity (Wildman–Crippen MR) is 103 cm³/mol. The lowest BCUT2D eigenvalue weighted by Gasteiger charge is -2.22. The van der Waals surface area contributed by atoms with E-state index in [0.717, 1.165) is 43.6 Å². The van der Waals surface area contributed by atoms with Crippen LogP contribution in [0.15, 0.2) is 40.6 Å². The van der Waals surface area contributed by atoms with Gasteiger partial charge in [-0.15, -0.1) is 0 Å². The van der Waals surface area contributed by atoms with Gasteiger partial charge in [-0.1, -0.05) is 41.7 Å². The first-order chi connectivity index (χ1) is 12.3. The number of benzene rings is 1. The Morgan fingerprint density at radius 1 is 1.15 bits per heavy atom. The maximum absolute atomic E-state index is 11.8. The largest absolute Gasteiger partial charge is 0.356 e. The SMILES string of the molecule is CS(=O)(=O)c1cc([N+](=O)[O-])c(N2CCCN(Cc3ccccc3)CC2)s1. The van der Waals surface area contributed by atoms with Crippen molar-refractivity contribution in [1.29, 1.82) is 0 Å². The molecule has 3 rings (SSSR count). The minimum atomic E-state index is -3.46. The number of hydrogen-bond donors (Lipinski definition) is 0. The zero-order chi connectivity index (χ0) is 18.7. The number of sulfone groups is 1. The Labute approximate surface area is 156 Å². The first kappa shape index (κ1) is 18.8. The number of rotatable bonds is 5. The third-order valence-electron chi connectivity index (χ3n) is 4.36. The Kier molecular flexibility index (Phi) is 5.59. The average Bonchev–Trinajstić information content (AvgIpc) is 2.93. The maximum Gasteiger partial charge on any atom is 0.305 e. The Morgan fingerprint density at radius 2 is 1.88 bits per heavy atom. The van der Waals surface area contributed by atoms with E-state index in [0.29, 0.717) is 18.1 Å². The lowest BCUT2D eigenvalue weighted by atomic mass is 10.2. The van der Waals surface area contributed by atoms with Gasteiger partial charge in [-0.2, -0.15) is 0 Å². The van der Waals surface area contributed by atoms with Crippen LogP contribution in [0.4, 0.5) is 10.7 Å². The van der Waals surface area contributed by atoms with Crippen molar-refractivity contribution in [2.24, 2.45) is 0 Å². The van der Waals surface area contributed by atoms with Crippen molar-refractivity contribution in [2.45, 2.75) is 17.2 Å². The predicted octanol–water partition coefficient (Wildman–Crippen LogP) is 2.77. The van der Waals surface area contributed by atoms with Crippen LogP contribution in [-0.4, -0.2) is 50.7 Å². The van der Waals surface area contributed by atoms with Crippen molar-refractivity contribution in [3.8, 4) is 0 Å². The molecule has 0 aliphatic carbocycles. The second-order valence-corrected chi connectivity index (χ2v) is 9.66. The second-order valence-electron chi connectivity index (χ2n) is 6.39. The van der Waals surface area contributed by atoms with E-state index in [-0.39, 0.29) is 9.90 Å². The molecule has 1 aliphatic rings. The summed E-state index contributed by atoms with van der Waals surface area (Å²) >= 11 is 0.994. The molecule has 7 nitrogen and oxygen atoms in total. The highest BCUT2D eigenvalue weighted by Gasteiger charge is 2.28. The summed E-state index contributed by atoms with van der Waals surface area (Å²) in [6.45, 7) is 3.84. The van der Waals surface area contributed by atoms with E-state index in [9.17, 15) is 18.5 Å². The molecule has 0 atom stereocenters. The van der Waals surface area contributed by atoms with Crippen molar-refractivity contribution in [3.05, 3.63) is 52.1 Å². The zero-order valence-electron chi connectivity index (χ0n) is 14.5. The molecule has 0 radical (unpaired) electrons. The van der Waals surface area contributed by atoms with E-state index >= 15 is 0 Å². The summed E-state index contributed by atoms with van der Waals surface area (Å²) in [5.41, 5.74) is 1.12. The van der Waals surface area contributed by atoms with Gasteiger partial charge < -0.3 is 4.90 Å². The summed E-state index contributed by atoms with van der Waals surface area (Å²) in [6.07, 6.45) is 1.95. The maximum atomic E-state index is 11.8. The van der Waals surface area contributed by atoms with Gasteiger partial charge in [-0.25, -0.2) is 8.42 Å². The molecule has 0 spiro atoms. The normalized spacial score (nSPS) is 16.4. The molecule has 0 saturated carbocycles. The Bertz CT molecular complexity index is 881. The molecule has 1 aromatic heterocycles. The van der Waals surface area contributed by atoms with E-state index in [4.69, 9.17) is 0 Å². The minimum Gasteiger partial charge on any atom is -0.356 e. The van der Waals surface area contributed by atoms with Crippen LogP contribution in [0.1, 0.15) is 12.0 Å². The number of thiophene rings is 1. The molecule has 140 valence electrons. The Balaban J connectivity index is 1.76. The van der Waals surface area contributed by atoms with Gasteiger partial charge in [0.05, 0.1) is 4.92 Å². The van der Waals surface area contributed by atoms with Gasteiger partial charge in [0.25, 0.3) is 0 Å². The number of hydrogen-bond acceptors (Lipinski definition) is 7. The van der Waals surface area contributed by atoms with Crippen molar-refractivity contribution in [1.82, 2.24) is 4.90 Å². The summed E-state index contributed by atoms with van der Waals surface area (Å²) in [5, 5.41) is 11.8. The second kappa shape index (κ2) is 7.73. The number of nitrogens with zero attached hydrogens (tertiary/aromatic N) is 3. The lowest BCUT2D eigenvalue weighted by Crippen LogP contribution is -2.30. The van der Waals surface area contributed by atoms with E-state index in [1.165, 1.54) is 11.6 Å². The summed E-state index contributed by atoms with van der Waals surface area (Å²) in [5.74, 6) is 0. The fourth-order valence-corrected chi connectivity index (χ4v) is 5.14. The third kappa shape index (κ3) is 4.40. The summed E-state index contributed by atoms with van der Waals surface area (Å²) in [6, 6.07) is 11.4. The molecule has 1 aliphatic heterocycles. The number of nitro groups is 1. The van der Waals surface area contributed by atoms with Crippen LogP contribution in [0, 0.1) is 10.1 Å². The average molecular weight is 396 g/mol. The van der Waals surface area contributed by atoms with Crippen LogP contribution in [0.3, 0.4) is 0 Å². The van der Waals surface area contributed by atoms with E-state index in [1.54, 1.807) is 0 Å². The highest BCUT2D eigenvalue weighted by molar-refractivity contribution is 7.92. The van der Waals surface area contributed by atoms with E-state index < -0.39 is 14.8 Å². The standard InChI is InChI=1S/C17H21N3O4S2/c1-26(23,24)16-12-15(20(21)22)17(25-16)19-9-5-8-18(10-11-19)13-14-6-3-2-4-7-14/h2-4,6-7,12H,5,8-11,13H2,1H3. The molecule has 0 N–H and O–H groups in total. The topological polar surface area (TPSA) is 83.8 Å². The smallest absolute Gasteiger partial charge is 0.305 e.